The van der Waals surface area contributed by atoms with Crippen LogP contribution in [0.4, 0.5) is 0 Å². The van der Waals surface area contributed by atoms with Gasteiger partial charge in [-0.15, -0.1) is 0 Å². The Morgan fingerprint density at radius 2 is 1.83 bits per heavy atom. The van der Waals surface area contributed by atoms with E-state index in [1.54, 1.807) is 31.2 Å². The number of benzene rings is 1. The number of nitrogens with one attached hydrogen (secondary N) is 2. The maximum absolute atomic E-state index is 12.4. The smallest absolute Gasteiger partial charge is 0.325 e. The molecular formula is C17H24N2O3S. The van der Waals surface area contributed by atoms with E-state index in [0.29, 0.717) is 17.2 Å². The molecule has 1 amide bonds. The molecule has 0 fully saturated rings. The van der Waals surface area contributed by atoms with E-state index in [2.05, 4.69) is 10.6 Å². The van der Waals surface area contributed by atoms with Gasteiger partial charge >= 0.3 is 5.97 Å². The van der Waals surface area contributed by atoms with Crippen LogP contribution in [0.1, 0.15) is 38.1 Å². The maximum Gasteiger partial charge on any atom is 0.325 e. The molecule has 5 nitrogen and oxygen atoms in total. The second-order valence-corrected chi connectivity index (χ2v) is 6.60. The lowest BCUT2D eigenvalue weighted by molar-refractivity contribution is -0.141. The number of thiocarbonyl (C=S) groups is 1. The van der Waals surface area contributed by atoms with Gasteiger partial charge in [0.1, 0.15) is 6.54 Å². The molecule has 0 saturated heterocycles. The van der Waals surface area contributed by atoms with Crippen molar-refractivity contribution >= 4 is 29.1 Å². The van der Waals surface area contributed by atoms with Crippen molar-refractivity contribution < 1.29 is 14.3 Å². The van der Waals surface area contributed by atoms with Crippen molar-refractivity contribution in [1.82, 2.24) is 10.6 Å². The van der Waals surface area contributed by atoms with Gasteiger partial charge in [-0.2, -0.15) is 0 Å². The van der Waals surface area contributed by atoms with E-state index in [1.165, 1.54) is 0 Å². The summed E-state index contributed by atoms with van der Waals surface area (Å²) in [5.41, 5.74) is 0.262. The van der Waals surface area contributed by atoms with Gasteiger partial charge in [0.15, 0.2) is 0 Å². The number of carbonyl (C=O) groups is 2. The molecular weight excluding hydrogens is 312 g/mol. The first kappa shape index (κ1) is 19.1. The molecule has 0 saturated carbocycles. The van der Waals surface area contributed by atoms with E-state index < -0.39 is 6.04 Å². The number of rotatable bonds is 6. The Hall–Kier alpha value is -1.95. The minimum Gasteiger partial charge on any atom is -0.465 e. The van der Waals surface area contributed by atoms with Crippen LogP contribution in [0.15, 0.2) is 30.3 Å². The molecule has 1 rings (SSSR count). The molecule has 0 spiro atoms. The van der Waals surface area contributed by atoms with Crippen molar-refractivity contribution in [1.29, 1.82) is 0 Å². The normalized spacial score (nSPS) is 12.2. The first-order chi connectivity index (χ1) is 10.8. The van der Waals surface area contributed by atoms with Gasteiger partial charge in [-0.3, -0.25) is 9.59 Å². The number of hydrogen-bond acceptors (Lipinski definition) is 4. The first-order valence-corrected chi connectivity index (χ1v) is 7.95. The fourth-order valence-corrected chi connectivity index (χ4v) is 2.44. The molecule has 1 unspecified atom stereocenters. The van der Waals surface area contributed by atoms with Crippen LogP contribution >= 0.6 is 12.2 Å². The zero-order valence-electron chi connectivity index (χ0n) is 14.0. The summed E-state index contributed by atoms with van der Waals surface area (Å²) in [4.78, 5) is 24.2. The van der Waals surface area contributed by atoms with Crippen molar-refractivity contribution in [3.8, 4) is 0 Å². The number of ether oxygens (including phenoxy) is 1. The summed E-state index contributed by atoms with van der Waals surface area (Å²) in [7, 11) is 0. The van der Waals surface area contributed by atoms with Crippen molar-refractivity contribution in [3.63, 3.8) is 0 Å². The predicted molar refractivity (Wildman–Crippen MR) is 94.4 cm³/mol. The topological polar surface area (TPSA) is 67.4 Å². The average Bonchev–Trinajstić information content (AvgIpc) is 2.50. The lowest BCUT2D eigenvalue weighted by Gasteiger charge is -2.32. The van der Waals surface area contributed by atoms with Gasteiger partial charge in [-0.25, -0.2) is 0 Å². The zero-order valence-corrected chi connectivity index (χ0v) is 14.8. The van der Waals surface area contributed by atoms with Gasteiger partial charge < -0.3 is 15.4 Å². The van der Waals surface area contributed by atoms with Crippen LogP contribution in [0, 0.1) is 5.41 Å². The van der Waals surface area contributed by atoms with Gasteiger partial charge in [0.2, 0.25) is 0 Å². The van der Waals surface area contributed by atoms with Gasteiger partial charge in [0, 0.05) is 5.56 Å². The van der Waals surface area contributed by atoms with E-state index in [-0.39, 0.29) is 23.8 Å². The second kappa shape index (κ2) is 8.62. The highest BCUT2D eigenvalue weighted by atomic mass is 32.1. The summed E-state index contributed by atoms with van der Waals surface area (Å²) in [5, 5.41) is 5.81. The molecule has 2 N–H and O–H groups in total. The largest absolute Gasteiger partial charge is 0.465 e. The van der Waals surface area contributed by atoms with Crippen LogP contribution in [0.25, 0.3) is 0 Å². The first-order valence-electron chi connectivity index (χ1n) is 7.55. The molecule has 1 aromatic rings. The van der Waals surface area contributed by atoms with Crippen LogP contribution < -0.4 is 10.6 Å². The van der Waals surface area contributed by atoms with E-state index in [9.17, 15) is 9.59 Å². The number of esters is 1. The standard InChI is InChI=1S/C17H24N2O3S/c1-5-22-13(20)11-18-16(23)14(17(2,3)4)19-15(21)12-9-7-6-8-10-12/h6-10,14H,5,11H2,1-4H3,(H,18,23)(H,19,21). The summed E-state index contributed by atoms with van der Waals surface area (Å²) >= 11 is 5.36. The van der Waals surface area contributed by atoms with Gasteiger partial charge in [0.05, 0.1) is 17.6 Å². The summed E-state index contributed by atoms with van der Waals surface area (Å²) in [6, 6.07) is 8.54. The van der Waals surface area contributed by atoms with Crippen LogP contribution in [-0.4, -0.2) is 36.1 Å². The Balaban J connectivity index is 2.75. The van der Waals surface area contributed by atoms with Crippen molar-refractivity contribution in [2.24, 2.45) is 5.41 Å². The van der Waals surface area contributed by atoms with Crippen LogP contribution in [-0.2, 0) is 9.53 Å². The number of hydrogen-bond donors (Lipinski definition) is 2. The van der Waals surface area contributed by atoms with Crippen molar-refractivity contribution in [2.45, 2.75) is 33.7 Å². The predicted octanol–water partition coefficient (Wildman–Crippen LogP) is 2.31. The molecule has 126 valence electrons. The molecule has 0 aromatic heterocycles. The molecule has 23 heavy (non-hydrogen) atoms. The maximum atomic E-state index is 12.4. The molecule has 1 aromatic carbocycles. The molecule has 0 aliphatic rings. The van der Waals surface area contributed by atoms with Crippen molar-refractivity contribution in [3.05, 3.63) is 35.9 Å². The Labute approximate surface area is 142 Å². The lowest BCUT2D eigenvalue weighted by Crippen LogP contribution is -2.53. The highest BCUT2D eigenvalue weighted by Gasteiger charge is 2.30. The van der Waals surface area contributed by atoms with Gasteiger partial charge in [0.25, 0.3) is 5.91 Å². The summed E-state index contributed by atoms with van der Waals surface area (Å²) < 4.78 is 4.86. The quantitative estimate of drug-likeness (QED) is 0.616. The number of amides is 1. The van der Waals surface area contributed by atoms with Crippen LogP contribution in [0.3, 0.4) is 0 Å². The Bertz CT molecular complexity index is 553. The fourth-order valence-electron chi connectivity index (χ4n) is 1.95. The van der Waals surface area contributed by atoms with Gasteiger partial charge in [-0.05, 0) is 24.5 Å². The molecule has 0 aliphatic carbocycles. The van der Waals surface area contributed by atoms with E-state index in [1.807, 2.05) is 26.8 Å². The summed E-state index contributed by atoms with van der Waals surface area (Å²) in [5.74, 6) is -0.581. The third-order valence-corrected chi connectivity index (χ3v) is 3.53. The molecule has 0 aliphatic heterocycles. The second-order valence-electron chi connectivity index (χ2n) is 6.16. The number of carbonyl (C=O) groups excluding carboxylic acids is 2. The minimum atomic E-state index is -0.403. The van der Waals surface area contributed by atoms with E-state index >= 15 is 0 Å². The third-order valence-electron chi connectivity index (χ3n) is 3.15. The Morgan fingerprint density at radius 3 is 2.35 bits per heavy atom. The SMILES string of the molecule is CCOC(=O)CNC(=S)C(NC(=O)c1ccccc1)C(C)(C)C. The van der Waals surface area contributed by atoms with Crippen LogP contribution in [0.2, 0.25) is 0 Å². The van der Waals surface area contributed by atoms with Crippen LogP contribution in [0.5, 0.6) is 0 Å². The third kappa shape index (κ3) is 6.36. The van der Waals surface area contributed by atoms with Crippen molar-refractivity contribution in [2.75, 3.05) is 13.2 Å². The lowest BCUT2D eigenvalue weighted by atomic mass is 9.86. The zero-order chi connectivity index (χ0) is 17.5. The fraction of sp³-hybridized carbons (Fsp3) is 0.471. The van der Waals surface area contributed by atoms with Gasteiger partial charge in [-0.1, -0.05) is 51.2 Å². The molecule has 0 bridgehead atoms. The molecule has 0 radical (unpaired) electrons. The Kier molecular flexibility index (Phi) is 7.16. The monoisotopic (exact) mass is 336 g/mol. The molecule has 0 heterocycles. The van der Waals surface area contributed by atoms with E-state index in [4.69, 9.17) is 17.0 Å². The summed E-state index contributed by atoms with van der Waals surface area (Å²) in [6.07, 6.45) is 0. The minimum absolute atomic E-state index is 0.0134. The molecule has 1 atom stereocenters. The average molecular weight is 336 g/mol. The highest BCUT2D eigenvalue weighted by molar-refractivity contribution is 7.80. The van der Waals surface area contributed by atoms with E-state index in [0.717, 1.165) is 0 Å². The summed E-state index contributed by atoms with van der Waals surface area (Å²) in [6.45, 7) is 7.97. The Morgan fingerprint density at radius 1 is 1.22 bits per heavy atom. The highest BCUT2D eigenvalue weighted by Crippen LogP contribution is 2.20. The molecule has 6 heteroatoms.